The van der Waals surface area contributed by atoms with Gasteiger partial charge >= 0.3 is 12.0 Å². The predicted molar refractivity (Wildman–Crippen MR) is 141 cm³/mol. The number of rotatable bonds is 8. The Morgan fingerprint density at radius 1 is 1.08 bits per heavy atom. The van der Waals surface area contributed by atoms with Crippen molar-refractivity contribution in [1.82, 2.24) is 4.90 Å². The lowest BCUT2D eigenvalue weighted by Gasteiger charge is -2.42. The van der Waals surface area contributed by atoms with Crippen LogP contribution in [-0.4, -0.2) is 54.7 Å². The Balaban J connectivity index is 1.70. The summed E-state index contributed by atoms with van der Waals surface area (Å²) in [6, 6.07) is 8.06. The largest absolute Gasteiger partial charge is 0.481 e. The molecule has 9 heteroatoms. The molecule has 0 radical (unpaired) electrons. The van der Waals surface area contributed by atoms with Gasteiger partial charge in [0.15, 0.2) is 0 Å². The number of benzene rings is 2. The maximum Gasteiger partial charge on any atom is 0.323 e. The molecular weight excluding hydrogens is 478 g/mol. The van der Waals surface area contributed by atoms with Gasteiger partial charge in [0.25, 0.3) is 0 Å². The quantitative estimate of drug-likeness (QED) is 0.423. The minimum Gasteiger partial charge on any atom is -0.481 e. The van der Waals surface area contributed by atoms with Crippen molar-refractivity contribution in [3.8, 4) is 0 Å². The monoisotopic (exact) mass is 514 g/mol. The van der Waals surface area contributed by atoms with Gasteiger partial charge in [-0.1, -0.05) is 26.3 Å². The highest BCUT2D eigenvalue weighted by atomic mass is 19.1. The highest BCUT2D eigenvalue weighted by Crippen LogP contribution is 2.46. The van der Waals surface area contributed by atoms with Crippen LogP contribution in [0.25, 0.3) is 0 Å². The fourth-order valence-corrected chi connectivity index (χ4v) is 5.35. The maximum absolute atomic E-state index is 14.2. The standard InChI is InChI=1S/C28H36F2N4O3/c1-18(2)17-34(21-9-13-33(3)14-10-21)25-8-5-19(28(26(35)36)11-4-12-28)15-24(25)32-27(37)31-23-7-6-20(29)16-22(23)30/h5-8,15-16,18,21H,4,9-14,17H2,1-3H3,(H,35,36)(H2,31,32,37). The summed E-state index contributed by atoms with van der Waals surface area (Å²) < 4.78 is 27.5. The van der Waals surface area contributed by atoms with Crippen LogP contribution in [0.4, 0.5) is 30.6 Å². The van der Waals surface area contributed by atoms with Crippen LogP contribution in [-0.2, 0) is 10.2 Å². The van der Waals surface area contributed by atoms with Crippen LogP contribution in [0.2, 0.25) is 0 Å². The molecule has 4 rings (SSSR count). The van der Waals surface area contributed by atoms with Crippen molar-refractivity contribution >= 4 is 29.1 Å². The summed E-state index contributed by atoms with van der Waals surface area (Å²) in [7, 11) is 2.10. The van der Waals surface area contributed by atoms with E-state index < -0.39 is 29.0 Å². The van der Waals surface area contributed by atoms with E-state index in [1.807, 2.05) is 12.1 Å². The maximum atomic E-state index is 14.2. The van der Waals surface area contributed by atoms with E-state index in [0.717, 1.165) is 50.7 Å². The highest BCUT2D eigenvalue weighted by Gasteiger charge is 2.46. The number of urea groups is 1. The molecule has 1 aliphatic carbocycles. The van der Waals surface area contributed by atoms with Crippen LogP contribution < -0.4 is 15.5 Å². The Bertz CT molecular complexity index is 1140. The van der Waals surface area contributed by atoms with Crippen LogP contribution >= 0.6 is 0 Å². The van der Waals surface area contributed by atoms with Gasteiger partial charge in [-0.15, -0.1) is 0 Å². The van der Waals surface area contributed by atoms with E-state index in [9.17, 15) is 23.5 Å². The van der Waals surface area contributed by atoms with Crippen LogP contribution in [0.15, 0.2) is 36.4 Å². The first kappa shape index (κ1) is 26.9. The van der Waals surface area contributed by atoms with E-state index in [2.05, 4.69) is 41.3 Å². The first-order valence-corrected chi connectivity index (χ1v) is 13.0. The number of carbonyl (C=O) groups is 2. The summed E-state index contributed by atoms with van der Waals surface area (Å²) in [5, 5.41) is 15.3. The SMILES string of the molecule is CC(C)CN(c1ccc(C2(C(=O)O)CCC2)cc1NC(=O)Nc1ccc(F)cc1F)C1CCN(C)CC1. The number of amides is 2. The third kappa shape index (κ3) is 5.87. The first-order chi connectivity index (χ1) is 17.6. The lowest BCUT2D eigenvalue weighted by atomic mass is 9.64. The molecule has 200 valence electrons. The van der Waals surface area contributed by atoms with Crippen LogP contribution in [0.5, 0.6) is 0 Å². The molecule has 37 heavy (non-hydrogen) atoms. The number of carbonyl (C=O) groups excluding carboxylic acids is 1. The van der Waals surface area contributed by atoms with Crippen LogP contribution in [0, 0.1) is 17.6 Å². The first-order valence-electron chi connectivity index (χ1n) is 13.0. The van der Waals surface area contributed by atoms with Gasteiger partial charge in [0, 0.05) is 18.7 Å². The lowest BCUT2D eigenvalue weighted by Crippen LogP contribution is -2.46. The number of aliphatic carboxylic acids is 1. The Morgan fingerprint density at radius 2 is 1.76 bits per heavy atom. The molecule has 2 aromatic rings. The number of anilines is 3. The second-order valence-corrected chi connectivity index (χ2v) is 10.8. The van der Waals surface area contributed by atoms with Gasteiger partial charge in [-0.25, -0.2) is 13.6 Å². The van der Waals surface area contributed by atoms with E-state index in [1.54, 1.807) is 6.07 Å². The molecule has 1 saturated heterocycles. The number of carboxylic acids is 1. The molecule has 0 atom stereocenters. The molecule has 2 aliphatic rings. The van der Waals surface area contributed by atoms with Gasteiger partial charge in [-0.2, -0.15) is 0 Å². The summed E-state index contributed by atoms with van der Waals surface area (Å²) in [6.07, 6.45) is 3.85. The smallest absolute Gasteiger partial charge is 0.323 e. The van der Waals surface area contributed by atoms with Crippen LogP contribution in [0.3, 0.4) is 0 Å². The van der Waals surface area contributed by atoms with E-state index in [-0.39, 0.29) is 11.7 Å². The zero-order chi connectivity index (χ0) is 26.7. The van der Waals surface area contributed by atoms with Crippen molar-refractivity contribution in [2.45, 2.75) is 57.4 Å². The number of likely N-dealkylation sites (tertiary alicyclic amines) is 1. The van der Waals surface area contributed by atoms with Gasteiger partial charge in [0.1, 0.15) is 11.6 Å². The molecule has 2 aromatic carbocycles. The molecular formula is C28H36F2N4O3. The number of carboxylic acid groups (broad SMARTS) is 1. The van der Waals surface area contributed by atoms with Crippen molar-refractivity contribution in [2.24, 2.45) is 5.92 Å². The third-order valence-corrected chi connectivity index (χ3v) is 7.59. The zero-order valence-electron chi connectivity index (χ0n) is 21.7. The Morgan fingerprint density at radius 3 is 2.32 bits per heavy atom. The van der Waals surface area contributed by atoms with E-state index in [0.29, 0.717) is 36.1 Å². The van der Waals surface area contributed by atoms with E-state index in [4.69, 9.17) is 0 Å². The minimum atomic E-state index is -0.967. The number of nitrogens with zero attached hydrogens (tertiary/aromatic N) is 2. The molecule has 1 heterocycles. The van der Waals surface area contributed by atoms with Crippen molar-refractivity contribution in [3.63, 3.8) is 0 Å². The molecule has 1 aliphatic heterocycles. The lowest BCUT2D eigenvalue weighted by molar-refractivity contribution is -0.147. The number of hydrogen-bond acceptors (Lipinski definition) is 4. The van der Waals surface area contributed by atoms with Gasteiger partial charge in [0.05, 0.1) is 22.5 Å². The van der Waals surface area contributed by atoms with Crippen LogP contribution in [0.1, 0.15) is 51.5 Å². The number of piperidine rings is 1. The van der Waals surface area contributed by atoms with Crippen molar-refractivity contribution in [3.05, 3.63) is 53.6 Å². The minimum absolute atomic E-state index is 0.146. The molecule has 0 bridgehead atoms. The molecule has 2 fully saturated rings. The van der Waals surface area contributed by atoms with Crippen molar-refractivity contribution in [1.29, 1.82) is 0 Å². The average molecular weight is 515 g/mol. The Hall–Kier alpha value is -3.20. The summed E-state index contributed by atoms with van der Waals surface area (Å²) >= 11 is 0. The van der Waals surface area contributed by atoms with Gasteiger partial charge in [0.2, 0.25) is 0 Å². The summed E-state index contributed by atoms with van der Waals surface area (Å²) in [6.45, 7) is 6.97. The number of nitrogens with one attached hydrogen (secondary N) is 2. The molecule has 0 aromatic heterocycles. The Labute approximate surface area is 216 Å². The fourth-order valence-electron chi connectivity index (χ4n) is 5.35. The molecule has 0 spiro atoms. The van der Waals surface area contributed by atoms with Gasteiger partial charge in [-0.05, 0) is 81.6 Å². The highest BCUT2D eigenvalue weighted by molar-refractivity contribution is 6.02. The topological polar surface area (TPSA) is 84.9 Å². The predicted octanol–water partition coefficient (Wildman–Crippen LogP) is 5.67. The fraction of sp³-hybridized carbons (Fsp3) is 0.500. The number of hydrogen-bond donors (Lipinski definition) is 3. The average Bonchev–Trinajstić information content (AvgIpc) is 2.79. The molecule has 7 nitrogen and oxygen atoms in total. The second-order valence-electron chi connectivity index (χ2n) is 10.8. The van der Waals surface area contributed by atoms with Gasteiger partial charge < -0.3 is 25.5 Å². The van der Waals surface area contributed by atoms with Crippen molar-refractivity contribution in [2.75, 3.05) is 42.2 Å². The summed E-state index contributed by atoms with van der Waals surface area (Å²) in [5.41, 5.74) is 0.814. The third-order valence-electron chi connectivity index (χ3n) is 7.59. The van der Waals surface area contributed by atoms with Crippen molar-refractivity contribution < 1.29 is 23.5 Å². The zero-order valence-corrected chi connectivity index (χ0v) is 21.7. The summed E-state index contributed by atoms with van der Waals surface area (Å²) in [5.74, 6) is -2.13. The molecule has 0 unspecified atom stereocenters. The van der Waals surface area contributed by atoms with E-state index >= 15 is 0 Å². The second kappa shape index (κ2) is 11.0. The Kier molecular flexibility index (Phi) is 8.02. The molecule has 2 amide bonds. The van der Waals surface area contributed by atoms with E-state index in [1.165, 1.54) is 6.07 Å². The normalized spacial score (nSPS) is 17.8. The molecule has 3 N–H and O–H groups in total. The van der Waals surface area contributed by atoms with Gasteiger partial charge in [-0.3, -0.25) is 4.79 Å². The molecule has 1 saturated carbocycles. The number of halogens is 2. The summed E-state index contributed by atoms with van der Waals surface area (Å²) in [4.78, 5) is 29.8.